The fraction of sp³-hybridized carbons (Fsp3) is 0.294. The van der Waals surface area contributed by atoms with Gasteiger partial charge in [-0.05, 0) is 47.4 Å². The van der Waals surface area contributed by atoms with Crippen LogP contribution in [0.3, 0.4) is 0 Å². The Morgan fingerprint density at radius 3 is 2.48 bits per heavy atom. The summed E-state index contributed by atoms with van der Waals surface area (Å²) in [4.78, 5) is 10.3. The topological polar surface area (TPSA) is 78.4 Å². The fourth-order valence-electron chi connectivity index (χ4n) is 2.15. The Bertz CT molecular complexity index is 674. The van der Waals surface area contributed by atoms with Crippen LogP contribution in [-0.2, 0) is 6.42 Å². The third-order valence-corrected chi connectivity index (χ3v) is 3.47. The molecule has 0 aromatic heterocycles. The number of halogens is 1. The number of alkyl halides is 1. The van der Waals surface area contributed by atoms with Gasteiger partial charge >= 0.3 is 0 Å². The molecule has 0 spiro atoms. The number of hydrogen-bond acceptors (Lipinski definition) is 4. The van der Waals surface area contributed by atoms with Crippen molar-refractivity contribution >= 4 is 5.69 Å². The van der Waals surface area contributed by atoms with Crippen molar-refractivity contribution in [1.29, 1.82) is 0 Å². The van der Waals surface area contributed by atoms with E-state index in [1.807, 2.05) is 19.1 Å². The number of benzene rings is 2. The third-order valence-electron chi connectivity index (χ3n) is 3.47. The van der Waals surface area contributed by atoms with Crippen LogP contribution in [0, 0.1) is 10.1 Å². The van der Waals surface area contributed by atoms with E-state index in [1.165, 1.54) is 12.1 Å². The first-order chi connectivity index (χ1) is 11.0. The molecule has 0 aliphatic heterocycles. The Kier molecular flexibility index (Phi) is 5.65. The highest BCUT2D eigenvalue weighted by atomic mass is 19.1. The van der Waals surface area contributed by atoms with Crippen LogP contribution in [0.2, 0.25) is 0 Å². The minimum atomic E-state index is -1.21. The van der Waals surface area contributed by atoms with Gasteiger partial charge in [-0.15, -0.1) is 0 Å². The molecule has 0 saturated carbocycles. The highest BCUT2D eigenvalue weighted by Crippen LogP contribution is 2.28. The summed E-state index contributed by atoms with van der Waals surface area (Å²) in [6.07, 6.45) is -0.407. The highest BCUT2D eigenvalue weighted by Gasteiger charge is 2.09. The summed E-state index contributed by atoms with van der Waals surface area (Å²) in [7, 11) is 0. The Labute approximate surface area is 134 Å². The van der Waals surface area contributed by atoms with E-state index in [4.69, 9.17) is 10.5 Å². The quantitative estimate of drug-likeness (QED) is 0.626. The van der Waals surface area contributed by atoms with Crippen LogP contribution in [-0.4, -0.2) is 24.2 Å². The van der Waals surface area contributed by atoms with Crippen LogP contribution in [0.5, 0.6) is 5.75 Å². The lowest BCUT2D eigenvalue weighted by Gasteiger charge is -2.12. The van der Waals surface area contributed by atoms with E-state index >= 15 is 0 Å². The van der Waals surface area contributed by atoms with Crippen molar-refractivity contribution in [1.82, 2.24) is 0 Å². The lowest BCUT2D eigenvalue weighted by atomic mass is 10.0. The molecule has 2 rings (SSSR count). The van der Waals surface area contributed by atoms with E-state index < -0.39 is 11.1 Å². The number of nitrogens with zero attached hydrogens (tertiary/aromatic N) is 1. The lowest BCUT2D eigenvalue weighted by Crippen LogP contribution is -2.22. The molecule has 6 heteroatoms. The minimum Gasteiger partial charge on any atom is -0.490 e. The van der Waals surface area contributed by atoms with Gasteiger partial charge in [-0.2, -0.15) is 0 Å². The van der Waals surface area contributed by atoms with Crippen molar-refractivity contribution in [3.8, 4) is 16.9 Å². The number of non-ortho nitro benzene ring substituents is 1. The Hall–Kier alpha value is -2.47. The summed E-state index contributed by atoms with van der Waals surface area (Å²) in [5, 5.41) is 10.7. The van der Waals surface area contributed by atoms with Crippen molar-refractivity contribution in [2.75, 3.05) is 13.2 Å². The van der Waals surface area contributed by atoms with Gasteiger partial charge in [0.2, 0.25) is 0 Å². The van der Waals surface area contributed by atoms with Gasteiger partial charge in [0.15, 0.2) is 0 Å². The van der Waals surface area contributed by atoms with Crippen LogP contribution in [0.15, 0.2) is 42.5 Å². The van der Waals surface area contributed by atoms with Crippen LogP contribution < -0.4 is 10.5 Å². The summed E-state index contributed by atoms with van der Waals surface area (Å²) in [5.41, 5.74) is 8.04. The van der Waals surface area contributed by atoms with Crippen LogP contribution in [0.1, 0.15) is 12.5 Å². The second kappa shape index (κ2) is 7.69. The highest BCUT2D eigenvalue weighted by molar-refractivity contribution is 5.67. The zero-order valence-electron chi connectivity index (χ0n) is 12.9. The molecule has 0 fully saturated rings. The summed E-state index contributed by atoms with van der Waals surface area (Å²) in [5.74, 6) is 0.564. The molecule has 2 aromatic rings. The van der Waals surface area contributed by atoms with Crippen molar-refractivity contribution in [3.63, 3.8) is 0 Å². The summed E-state index contributed by atoms with van der Waals surface area (Å²) in [6.45, 7) is 1.84. The maximum absolute atomic E-state index is 13.2. The first kappa shape index (κ1) is 16.9. The zero-order chi connectivity index (χ0) is 16.8. The third kappa shape index (κ3) is 4.50. The van der Waals surface area contributed by atoms with Gasteiger partial charge < -0.3 is 10.5 Å². The van der Waals surface area contributed by atoms with Gasteiger partial charge in [0.25, 0.3) is 5.69 Å². The van der Waals surface area contributed by atoms with E-state index in [0.29, 0.717) is 5.75 Å². The minimum absolute atomic E-state index is 0.0417. The number of aryl methyl sites for hydroxylation is 1. The predicted octanol–water partition coefficient (Wildman–Crippen LogP) is 3.50. The maximum Gasteiger partial charge on any atom is 0.269 e. The molecule has 0 bridgehead atoms. The number of nitro groups is 1. The first-order valence-corrected chi connectivity index (χ1v) is 7.39. The number of nitrogens with two attached hydrogens (primary N) is 1. The van der Waals surface area contributed by atoms with Crippen molar-refractivity contribution < 1.29 is 14.1 Å². The number of nitro benzene ring substituents is 1. The molecule has 2 N–H and O–H groups in total. The van der Waals surface area contributed by atoms with E-state index in [2.05, 4.69) is 0 Å². The second-order valence-electron chi connectivity index (χ2n) is 5.17. The second-order valence-corrected chi connectivity index (χ2v) is 5.17. The van der Waals surface area contributed by atoms with E-state index in [-0.39, 0.29) is 18.8 Å². The fourth-order valence-corrected chi connectivity index (χ4v) is 2.15. The molecule has 0 aliphatic rings. The van der Waals surface area contributed by atoms with E-state index in [1.54, 1.807) is 18.2 Å². The normalized spacial score (nSPS) is 12.0. The molecular weight excluding hydrogens is 299 g/mol. The molecule has 1 atom stereocenters. The molecule has 0 radical (unpaired) electrons. The van der Waals surface area contributed by atoms with Gasteiger partial charge in [0, 0.05) is 18.7 Å². The molecule has 0 amide bonds. The van der Waals surface area contributed by atoms with Gasteiger partial charge in [-0.25, -0.2) is 4.39 Å². The van der Waals surface area contributed by atoms with E-state index in [0.717, 1.165) is 23.1 Å². The smallest absolute Gasteiger partial charge is 0.269 e. The van der Waals surface area contributed by atoms with Crippen molar-refractivity contribution in [2.45, 2.75) is 19.5 Å². The zero-order valence-corrected chi connectivity index (χ0v) is 12.9. The van der Waals surface area contributed by atoms with Gasteiger partial charge in [0.1, 0.15) is 18.5 Å². The van der Waals surface area contributed by atoms with Crippen molar-refractivity contribution in [3.05, 3.63) is 58.1 Å². The van der Waals surface area contributed by atoms with Gasteiger partial charge in [-0.3, -0.25) is 10.1 Å². The average molecular weight is 318 g/mol. The summed E-state index contributed by atoms with van der Waals surface area (Å²) >= 11 is 0. The molecule has 0 heterocycles. The molecule has 122 valence electrons. The van der Waals surface area contributed by atoms with Crippen LogP contribution in [0.4, 0.5) is 10.1 Å². The molecule has 0 aliphatic carbocycles. The van der Waals surface area contributed by atoms with Gasteiger partial charge in [0.05, 0.1) is 4.92 Å². The number of rotatable bonds is 7. The summed E-state index contributed by atoms with van der Waals surface area (Å²) < 4.78 is 18.7. The lowest BCUT2D eigenvalue weighted by molar-refractivity contribution is -0.384. The summed E-state index contributed by atoms with van der Waals surface area (Å²) in [6, 6.07) is 11.9. The molecule has 0 unspecified atom stereocenters. The van der Waals surface area contributed by atoms with Crippen LogP contribution >= 0.6 is 0 Å². The first-order valence-electron chi connectivity index (χ1n) is 7.39. The Morgan fingerprint density at radius 1 is 1.22 bits per heavy atom. The van der Waals surface area contributed by atoms with Gasteiger partial charge in [-0.1, -0.05) is 13.0 Å². The molecule has 5 nitrogen and oxygen atoms in total. The average Bonchev–Trinajstić information content (AvgIpc) is 2.59. The maximum atomic E-state index is 13.2. The SMILES string of the molecule is CCc1cc(OC[C@H](F)CN)cc(-c2ccc([N+](=O)[O-])cc2)c1. The van der Waals surface area contributed by atoms with Crippen molar-refractivity contribution in [2.24, 2.45) is 5.73 Å². The van der Waals surface area contributed by atoms with Crippen LogP contribution in [0.25, 0.3) is 11.1 Å². The Balaban J connectivity index is 2.28. The molecule has 23 heavy (non-hydrogen) atoms. The number of ether oxygens (including phenoxy) is 1. The molecule has 2 aromatic carbocycles. The Morgan fingerprint density at radius 2 is 1.91 bits per heavy atom. The predicted molar refractivity (Wildman–Crippen MR) is 87.4 cm³/mol. The monoisotopic (exact) mass is 318 g/mol. The number of hydrogen-bond donors (Lipinski definition) is 1. The largest absolute Gasteiger partial charge is 0.490 e. The van der Waals surface area contributed by atoms with E-state index in [9.17, 15) is 14.5 Å². The molecule has 0 saturated heterocycles. The molecular formula is C17H19FN2O3. The standard InChI is InChI=1S/C17H19FN2O3/c1-2-12-7-14(9-17(8-12)23-11-15(18)10-19)13-3-5-16(6-4-13)20(21)22/h3-9,15H,2,10-11,19H2,1H3/t15-/m1/s1.